The highest BCUT2D eigenvalue weighted by molar-refractivity contribution is 9.10. The fourth-order valence-corrected chi connectivity index (χ4v) is 2.09. The summed E-state index contributed by atoms with van der Waals surface area (Å²) in [6.45, 7) is 1.74. The third kappa shape index (κ3) is 4.86. The summed E-state index contributed by atoms with van der Waals surface area (Å²) in [6, 6.07) is 13.3. The number of halogens is 2. The monoisotopic (exact) mass is 351 g/mol. The van der Waals surface area contributed by atoms with Gasteiger partial charge in [-0.15, -0.1) is 0 Å². The normalized spacial score (nSPS) is 11.8. The van der Waals surface area contributed by atoms with Crippen molar-refractivity contribution in [2.75, 3.05) is 6.61 Å². The molecule has 1 unspecified atom stereocenters. The van der Waals surface area contributed by atoms with Gasteiger partial charge in [-0.25, -0.2) is 4.39 Å². The zero-order valence-corrected chi connectivity index (χ0v) is 13.1. The maximum absolute atomic E-state index is 13.0. The van der Waals surface area contributed by atoms with Crippen molar-refractivity contribution in [3.8, 4) is 5.75 Å². The molecule has 0 heterocycles. The summed E-state index contributed by atoms with van der Waals surface area (Å²) in [6.07, 6.45) is 0. The molecular weight excluding hydrogens is 337 g/mol. The molecule has 5 heteroatoms. The van der Waals surface area contributed by atoms with Gasteiger partial charge in [0.2, 0.25) is 0 Å². The summed E-state index contributed by atoms with van der Waals surface area (Å²) in [7, 11) is 0. The molecular formula is C16H15BrFNO2. The lowest BCUT2D eigenvalue weighted by Gasteiger charge is -2.15. The Morgan fingerprint density at radius 2 is 2.00 bits per heavy atom. The second-order valence-corrected chi connectivity index (χ2v) is 5.50. The lowest BCUT2D eigenvalue weighted by atomic mass is 10.1. The van der Waals surface area contributed by atoms with Crippen LogP contribution in [-0.2, 0) is 4.79 Å². The minimum atomic E-state index is -0.392. The molecule has 0 bridgehead atoms. The fraction of sp³-hybridized carbons (Fsp3) is 0.188. The Balaban J connectivity index is 1.85. The van der Waals surface area contributed by atoms with Crippen molar-refractivity contribution < 1.29 is 13.9 Å². The van der Waals surface area contributed by atoms with Crippen LogP contribution < -0.4 is 10.1 Å². The van der Waals surface area contributed by atoms with Crippen LogP contribution in [0.15, 0.2) is 53.0 Å². The second-order valence-electron chi connectivity index (χ2n) is 4.59. The zero-order valence-electron chi connectivity index (χ0n) is 11.5. The Bertz CT molecular complexity index is 616. The molecule has 0 aromatic heterocycles. The number of amides is 1. The first-order chi connectivity index (χ1) is 10.0. The minimum Gasteiger partial charge on any atom is -0.484 e. The molecule has 0 aliphatic heterocycles. The van der Waals surface area contributed by atoms with Crippen LogP contribution in [0.4, 0.5) is 4.39 Å². The van der Waals surface area contributed by atoms with Crippen LogP contribution in [0, 0.1) is 5.82 Å². The van der Waals surface area contributed by atoms with E-state index in [1.807, 2.05) is 31.2 Å². The number of nitrogens with one attached hydrogen (secondary N) is 1. The van der Waals surface area contributed by atoms with Gasteiger partial charge in [0, 0.05) is 10.5 Å². The highest BCUT2D eigenvalue weighted by atomic mass is 79.9. The Hall–Kier alpha value is -1.88. The van der Waals surface area contributed by atoms with Crippen molar-refractivity contribution in [1.29, 1.82) is 0 Å². The number of carbonyl (C=O) groups is 1. The number of carbonyl (C=O) groups excluding carboxylic acids is 1. The van der Waals surface area contributed by atoms with Crippen molar-refractivity contribution in [3.05, 3.63) is 64.4 Å². The van der Waals surface area contributed by atoms with Crippen LogP contribution in [0.3, 0.4) is 0 Å². The van der Waals surface area contributed by atoms with E-state index in [4.69, 9.17) is 4.74 Å². The fourth-order valence-electron chi connectivity index (χ4n) is 1.82. The van der Waals surface area contributed by atoms with E-state index in [1.54, 1.807) is 6.07 Å². The zero-order chi connectivity index (χ0) is 15.2. The van der Waals surface area contributed by atoms with Crippen molar-refractivity contribution in [2.45, 2.75) is 13.0 Å². The van der Waals surface area contributed by atoms with E-state index < -0.39 is 5.82 Å². The SMILES string of the molecule is CC(NC(=O)COc1cccc(F)c1)c1ccc(Br)cc1. The Labute approximate surface area is 131 Å². The third-order valence-corrected chi connectivity index (χ3v) is 3.44. The Morgan fingerprint density at radius 3 is 2.67 bits per heavy atom. The molecule has 0 saturated heterocycles. The van der Waals surface area contributed by atoms with Gasteiger partial charge in [0.05, 0.1) is 6.04 Å². The molecule has 2 aromatic rings. The quantitative estimate of drug-likeness (QED) is 0.888. The van der Waals surface area contributed by atoms with E-state index in [9.17, 15) is 9.18 Å². The Morgan fingerprint density at radius 1 is 1.29 bits per heavy atom. The van der Waals surface area contributed by atoms with Crippen LogP contribution in [0.2, 0.25) is 0 Å². The predicted octanol–water partition coefficient (Wildman–Crippen LogP) is 3.84. The van der Waals surface area contributed by atoms with Crippen LogP contribution in [-0.4, -0.2) is 12.5 Å². The predicted molar refractivity (Wildman–Crippen MR) is 82.6 cm³/mol. The van der Waals surface area contributed by atoms with E-state index in [-0.39, 0.29) is 18.6 Å². The van der Waals surface area contributed by atoms with Gasteiger partial charge in [-0.2, -0.15) is 0 Å². The Kier molecular flexibility index (Phi) is 5.33. The molecule has 0 spiro atoms. The van der Waals surface area contributed by atoms with Crippen molar-refractivity contribution in [2.24, 2.45) is 0 Å². The molecule has 1 atom stereocenters. The van der Waals surface area contributed by atoms with E-state index in [2.05, 4.69) is 21.2 Å². The maximum Gasteiger partial charge on any atom is 0.258 e. The molecule has 0 saturated carbocycles. The highest BCUT2D eigenvalue weighted by Crippen LogP contribution is 2.16. The van der Waals surface area contributed by atoms with Gasteiger partial charge in [-0.3, -0.25) is 4.79 Å². The minimum absolute atomic E-state index is 0.123. The first kappa shape index (κ1) is 15.5. The summed E-state index contributed by atoms with van der Waals surface area (Å²) in [5.74, 6) is -0.313. The van der Waals surface area contributed by atoms with Gasteiger partial charge in [0.15, 0.2) is 6.61 Å². The molecule has 2 aromatic carbocycles. The van der Waals surface area contributed by atoms with Gasteiger partial charge < -0.3 is 10.1 Å². The van der Waals surface area contributed by atoms with E-state index in [1.165, 1.54) is 18.2 Å². The first-order valence-corrected chi connectivity index (χ1v) is 7.27. The lowest BCUT2D eigenvalue weighted by Crippen LogP contribution is -2.31. The topological polar surface area (TPSA) is 38.3 Å². The van der Waals surface area contributed by atoms with Crippen molar-refractivity contribution in [1.82, 2.24) is 5.32 Å². The standard InChI is InChI=1S/C16H15BrFNO2/c1-11(12-5-7-13(17)8-6-12)19-16(20)10-21-15-4-2-3-14(18)9-15/h2-9,11H,10H2,1H3,(H,19,20). The summed E-state index contributed by atoms with van der Waals surface area (Å²) in [4.78, 5) is 11.8. The molecule has 3 nitrogen and oxygen atoms in total. The van der Waals surface area contributed by atoms with Gasteiger partial charge >= 0.3 is 0 Å². The van der Waals surface area contributed by atoms with Crippen LogP contribution in [0.1, 0.15) is 18.5 Å². The molecule has 0 radical (unpaired) electrons. The lowest BCUT2D eigenvalue weighted by molar-refractivity contribution is -0.123. The van der Waals surface area contributed by atoms with Crippen LogP contribution in [0.25, 0.3) is 0 Å². The van der Waals surface area contributed by atoms with Gasteiger partial charge in [0.1, 0.15) is 11.6 Å². The third-order valence-electron chi connectivity index (χ3n) is 2.91. The molecule has 1 amide bonds. The smallest absolute Gasteiger partial charge is 0.258 e. The van der Waals surface area contributed by atoms with Crippen molar-refractivity contribution in [3.63, 3.8) is 0 Å². The van der Waals surface area contributed by atoms with Crippen LogP contribution >= 0.6 is 15.9 Å². The number of hydrogen-bond donors (Lipinski definition) is 1. The average molecular weight is 352 g/mol. The molecule has 110 valence electrons. The summed E-state index contributed by atoms with van der Waals surface area (Å²) in [5, 5.41) is 2.83. The van der Waals surface area contributed by atoms with E-state index in [0.717, 1.165) is 10.0 Å². The number of hydrogen-bond acceptors (Lipinski definition) is 2. The number of benzene rings is 2. The molecule has 2 rings (SSSR count). The summed E-state index contributed by atoms with van der Waals surface area (Å²) in [5.41, 5.74) is 0.998. The molecule has 0 aliphatic rings. The van der Waals surface area contributed by atoms with Gasteiger partial charge in [-0.05, 0) is 36.8 Å². The molecule has 21 heavy (non-hydrogen) atoms. The van der Waals surface area contributed by atoms with Crippen LogP contribution in [0.5, 0.6) is 5.75 Å². The maximum atomic E-state index is 13.0. The van der Waals surface area contributed by atoms with Gasteiger partial charge in [0.25, 0.3) is 5.91 Å². The summed E-state index contributed by atoms with van der Waals surface area (Å²) >= 11 is 3.36. The summed E-state index contributed by atoms with van der Waals surface area (Å²) < 4.78 is 19.2. The van der Waals surface area contributed by atoms with E-state index >= 15 is 0 Å². The average Bonchev–Trinajstić information content (AvgIpc) is 2.46. The van der Waals surface area contributed by atoms with Crippen molar-refractivity contribution >= 4 is 21.8 Å². The number of ether oxygens (including phenoxy) is 1. The number of rotatable bonds is 5. The van der Waals surface area contributed by atoms with E-state index in [0.29, 0.717) is 5.75 Å². The van der Waals surface area contributed by atoms with Gasteiger partial charge in [-0.1, -0.05) is 34.1 Å². The second kappa shape index (κ2) is 7.22. The molecule has 0 aliphatic carbocycles. The molecule has 0 fully saturated rings. The highest BCUT2D eigenvalue weighted by Gasteiger charge is 2.10. The largest absolute Gasteiger partial charge is 0.484 e. The first-order valence-electron chi connectivity index (χ1n) is 6.48. The molecule has 1 N–H and O–H groups in total.